The highest BCUT2D eigenvalue weighted by atomic mass is 19.1. The minimum absolute atomic E-state index is 0.321. The molecule has 0 N–H and O–H groups in total. The highest BCUT2D eigenvalue weighted by Gasteiger charge is 2.48. The van der Waals surface area contributed by atoms with Crippen LogP contribution >= 0.6 is 0 Å². The van der Waals surface area contributed by atoms with Crippen LogP contribution in [-0.2, 0) is 4.74 Å². The first-order chi connectivity index (χ1) is 14.3. The van der Waals surface area contributed by atoms with Gasteiger partial charge in [0.1, 0.15) is 0 Å². The molecule has 5 heterocycles. The number of nitrogens with zero attached hydrogens (tertiary/aromatic N) is 5. The van der Waals surface area contributed by atoms with Crippen molar-refractivity contribution in [3.63, 3.8) is 0 Å². The normalized spacial score (nSPS) is 35.5. The largest absolute Gasteiger partial charge is 0.378 e. The van der Waals surface area contributed by atoms with Crippen LogP contribution in [0, 0.1) is 23.6 Å². The summed E-state index contributed by atoms with van der Waals surface area (Å²) in [5.74, 6) is 3.20. The van der Waals surface area contributed by atoms with E-state index in [2.05, 4.69) is 14.8 Å². The Morgan fingerprint density at radius 1 is 0.931 bits per heavy atom. The predicted molar refractivity (Wildman–Crippen MR) is 110 cm³/mol. The van der Waals surface area contributed by atoms with E-state index in [1.165, 1.54) is 51.3 Å². The van der Waals surface area contributed by atoms with Crippen molar-refractivity contribution in [1.29, 1.82) is 0 Å². The fourth-order valence-corrected chi connectivity index (χ4v) is 6.50. The summed E-state index contributed by atoms with van der Waals surface area (Å²) in [6, 6.07) is 1.58. The molecule has 0 radical (unpaired) electrons. The van der Waals surface area contributed by atoms with E-state index >= 15 is 0 Å². The number of piperidine rings is 3. The lowest BCUT2D eigenvalue weighted by Gasteiger charge is -2.55. The summed E-state index contributed by atoms with van der Waals surface area (Å²) in [7, 11) is 0. The second-order valence-electron chi connectivity index (χ2n) is 9.81. The van der Waals surface area contributed by atoms with Crippen LogP contribution in [0.25, 0.3) is 0 Å². The van der Waals surface area contributed by atoms with E-state index in [4.69, 9.17) is 9.72 Å². The van der Waals surface area contributed by atoms with Crippen molar-refractivity contribution in [2.75, 3.05) is 55.7 Å². The van der Waals surface area contributed by atoms with E-state index in [0.717, 1.165) is 31.1 Å². The van der Waals surface area contributed by atoms with Gasteiger partial charge in [-0.3, -0.25) is 4.90 Å². The summed E-state index contributed by atoms with van der Waals surface area (Å²) in [4.78, 5) is 16.4. The molecular formula is C22H32FN5O. The molecule has 29 heavy (non-hydrogen) atoms. The summed E-state index contributed by atoms with van der Waals surface area (Å²) >= 11 is 0. The summed E-state index contributed by atoms with van der Waals surface area (Å²) in [5, 5.41) is 0. The third-order valence-corrected chi connectivity index (χ3v) is 7.91. The van der Waals surface area contributed by atoms with Gasteiger partial charge in [0, 0.05) is 44.8 Å². The van der Waals surface area contributed by atoms with E-state index < -0.39 is 0 Å². The first-order valence-electron chi connectivity index (χ1n) is 11.6. The third kappa shape index (κ3) is 3.40. The smallest absolute Gasteiger partial charge is 0.227 e. The van der Waals surface area contributed by atoms with Gasteiger partial charge in [0.2, 0.25) is 5.95 Å². The number of aromatic nitrogens is 2. The zero-order chi connectivity index (χ0) is 19.4. The molecule has 1 aromatic rings. The molecule has 5 aliphatic rings. The second-order valence-corrected chi connectivity index (χ2v) is 9.81. The van der Waals surface area contributed by atoms with Gasteiger partial charge in [0.15, 0.2) is 11.6 Å². The van der Waals surface area contributed by atoms with Crippen LogP contribution in [0.15, 0.2) is 6.20 Å². The molecule has 1 aromatic heterocycles. The van der Waals surface area contributed by atoms with Crippen LogP contribution in [0.1, 0.15) is 38.5 Å². The lowest BCUT2D eigenvalue weighted by Crippen LogP contribution is -2.62. The molecule has 7 heteroatoms. The van der Waals surface area contributed by atoms with Crippen molar-refractivity contribution in [3.8, 4) is 0 Å². The number of halogens is 1. The minimum atomic E-state index is -0.321. The second kappa shape index (κ2) is 7.34. The molecule has 0 unspecified atom stereocenters. The van der Waals surface area contributed by atoms with Crippen LogP contribution < -0.4 is 9.80 Å². The summed E-state index contributed by atoms with van der Waals surface area (Å²) in [6.07, 6.45) is 9.75. The molecule has 5 fully saturated rings. The van der Waals surface area contributed by atoms with Crippen molar-refractivity contribution < 1.29 is 9.13 Å². The predicted octanol–water partition coefficient (Wildman–Crippen LogP) is 2.54. The lowest BCUT2D eigenvalue weighted by atomic mass is 9.74. The fraction of sp³-hybridized carbons (Fsp3) is 0.818. The van der Waals surface area contributed by atoms with E-state index in [0.29, 0.717) is 49.9 Å². The van der Waals surface area contributed by atoms with E-state index in [-0.39, 0.29) is 5.82 Å². The lowest BCUT2D eigenvalue weighted by molar-refractivity contribution is -0.0260. The van der Waals surface area contributed by atoms with Crippen LogP contribution in [0.2, 0.25) is 0 Å². The van der Waals surface area contributed by atoms with E-state index in [9.17, 15) is 4.39 Å². The first kappa shape index (κ1) is 18.3. The zero-order valence-electron chi connectivity index (χ0n) is 17.2. The SMILES string of the molecule is Fc1cnc(N2C[C@@H]3C[C@H](C2)[C@@H]2CCC[C@H](C4CC4)N2C3)nc1N1CCOCC1. The van der Waals surface area contributed by atoms with Crippen molar-refractivity contribution in [1.82, 2.24) is 14.9 Å². The number of rotatable bonds is 3. The molecule has 1 saturated carbocycles. The van der Waals surface area contributed by atoms with Crippen molar-refractivity contribution >= 4 is 11.8 Å². The monoisotopic (exact) mass is 401 g/mol. The summed E-state index contributed by atoms with van der Waals surface area (Å²) in [5.41, 5.74) is 0. The van der Waals surface area contributed by atoms with Gasteiger partial charge in [-0.05, 0) is 49.9 Å². The Bertz CT molecular complexity index is 753. The molecule has 4 saturated heterocycles. The maximum absolute atomic E-state index is 14.5. The summed E-state index contributed by atoms with van der Waals surface area (Å²) < 4.78 is 19.9. The summed E-state index contributed by atoms with van der Waals surface area (Å²) in [6.45, 7) is 5.90. The molecule has 6 nitrogen and oxygen atoms in total. The number of ether oxygens (including phenoxy) is 1. The van der Waals surface area contributed by atoms with Crippen molar-refractivity contribution in [2.45, 2.75) is 50.6 Å². The van der Waals surface area contributed by atoms with Crippen LogP contribution in [0.4, 0.5) is 16.2 Å². The van der Waals surface area contributed by atoms with Crippen molar-refractivity contribution in [2.24, 2.45) is 17.8 Å². The van der Waals surface area contributed by atoms with Gasteiger partial charge in [0.25, 0.3) is 0 Å². The molecule has 0 spiro atoms. The Labute approximate surface area is 172 Å². The molecule has 4 aliphatic heterocycles. The minimum Gasteiger partial charge on any atom is -0.378 e. The quantitative estimate of drug-likeness (QED) is 0.776. The Balaban J connectivity index is 1.22. The Kier molecular flexibility index (Phi) is 4.64. The highest BCUT2D eigenvalue weighted by molar-refractivity contribution is 5.46. The molecule has 1 aliphatic carbocycles. The van der Waals surface area contributed by atoms with Gasteiger partial charge in [0.05, 0.1) is 19.4 Å². The standard InChI is InChI=1S/C22H32FN5O/c23-18-11-24-22(25-21(18)26-6-8-29-9-7-26)27-12-15-10-17(14-27)20-3-1-2-19(16-4-5-16)28(20)13-15/h11,15-17,19-20H,1-10,12-14H2/t15-,17+,19+,20-/m0/s1. The number of hydrogen-bond donors (Lipinski definition) is 0. The van der Waals surface area contributed by atoms with Gasteiger partial charge in [-0.25, -0.2) is 9.37 Å². The molecule has 6 rings (SSSR count). The van der Waals surface area contributed by atoms with Gasteiger partial charge in [-0.2, -0.15) is 4.98 Å². The van der Waals surface area contributed by atoms with Gasteiger partial charge in [-0.1, -0.05) is 6.42 Å². The molecule has 2 bridgehead atoms. The third-order valence-electron chi connectivity index (χ3n) is 7.91. The highest BCUT2D eigenvalue weighted by Crippen LogP contribution is 2.46. The van der Waals surface area contributed by atoms with Gasteiger partial charge in [-0.15, -0.1) is 0 Å². The maximum Gasteiger partial charge on any atom is 0.227 e. The van der Waals surface area contributed by atoms with Crippen LogP contribution in [0.5, 0.6) is 0 Å². The maximum atomic E-state index is 14.5. The number of anilines is 2. The van der Waals surface area contributed by atoms with Crippen LogP contribution in [-0.4, -0.2) is 72.9 Å². The van der Waals surface area contributed by atoms with E-state index in [1.54, 1.807) is 0 Å². The molecule has 0 aromatic carbocycles. The fourth-order valence-electron chi connectivity index (χ4n) is 6.50. The number of morpholine rings is 1. The van der Waals surface area contributed by atoms with Gasteiger partial charge >= 0.3 is 0 Å². The Morgan fingerprint density at radius 3 is 2.52 bits per heavy atom. The molecule has 0 amide bonds. The molecule has 158 valence electrons. The molecule has 4 atom stereocenters. The molecular weight excluding hydrogens is 369 g/mol. The average Bonchev–Trinajstić information content (AvgIpc) is 3.59. The number of hydrogen-bond acceptors (Lipinski definition) is 6. The number of fused-ring (bicyclic) bond motifs is 4. The average molecular weight is 402 g/mol. The van der Waals surface area contributed by atoms with E-state index in [1.807, 2.05) is 4.90 Å². The Morgan fingerprint density at radius 2 is 1.72 bits per heavy atom. The first-order valence-corrected chi connectivity index (χ1v) is 11.6. The topological polar surface area (TPSA) is 44.7 Å². The van der Waals surface area contributed by atoms with Crippen LogP contribution in [0.3, 0.4) is 0 Å². The zero-order valence-corrected chi connectivity index (χ0v) is 17.2. The van der Waals surface area contributed by atoms with Crippen molar-refractivity contribution in [3.05, 3.63) is 12.0 Å². The van der Waals surface area contributed by atoms with Gasteiger partial charge < -0.3 is 14.5 Å². The Hall–Kier alpha value is -1.47.